The Morgan fingerprint density at radius 3 is 2.24 bits per heavy atom. The molecule has 4 aromatic rings. The standard InChI is InChI=1S/C26H29N5O6S/c1-35-18-14-22(24(23(15-18)36-2)37-13-5-12-32)30-25-26(29-21-7-4-3-6-20(21)28-25)31-38(33,34)19-10-8-17(16-27)9-11-19/h3-4,6-11,14-15,32H,5,12-13,16,27H2,1-2H3,(H,28,30)(H,29,31). The highest BCUT2D eigenvalue weighted by Crippen LogP contribution is 2.42. The summed E-state index contributed by atoms with van der Waals surface area (Å²) in [6, 6.07) is 16.7. The molecule has 0 atom stereocenters. The Bertz CT molecular complexity index is 1510. The van der Waals surface area contributed by atoms with Crippen molar-refractivity contribution in [1.29, 1.82) is 0 Å². The van der Waals surface area contributed by atoms with Gasteiger partial charge in [0.2, 0.25) is 0 Å². The summed E-state index contributed by atoms with van der Waals surface area (Å²) in [5.41, 5.74) is 7.88. The summed E-state index contributed by atoms with van der Waals surface area (Å²) in [7, 11) is -1.02. The van der Waals surface area contributed by atoms with Gasteiger partial charge in [-0.15, -0.1) is 0 Å². The summed E-state index contributed by atoms with van der Waals surface area (Å²) in [4.78, 5) is 9.21. The Balaban J connectivity index is 1.80. The molecule has 11 nitrogen and oxygen atoms in total. The molecule has 0 radical (unpaired) electrons. The second-order valence-electron chi connectivity index (χ2n) is 8.12. The third-order valence-electron chi connectivity index (χ3n) is 5.56. The van der Waals surface area contributed by atoms with Crippen LogP contribution in [0, 0.1) is 0 Å². The van der Waals surface area contributed by atoms with Gasteiger partial charge in [-0.05, 0) is 29.8 Å². The molecule has 4 rings (SSSR count). The fourth-order valence-corrected chi connectivity index (χ4v) is 4.61. The first-order chi connectivity index (χ1) is 18.4. The van der Waals surface area contributed by atoms with E-state index in [1.165, 1.54) is 26.4 Å². The number of rotatable bonds is 12. The summed E-state index contributed by atoms with van der Waals surface area (Å²) >= 11 is 0. The fourth-order valence-electron chi connectivity index (χ4n) is 3.60. The third-order valence-corrected chi connectivity index (χ3v) is 6.91. The van der Waals surface area contributed by atoms with Gasteiger partial charge >= 0.3 is 0 Å². The number of ether oxygens (including phenoxy) is 3. The maximum atomic E-state index is 13.3. The third kappa shape index (κ3) is 6.05. The molecule has 0 saturated heterocycles. The lowest BCUT2D eigenvalue weighted by Crippen LogP contribution is -2.16. The number of fused-ring (bicyclic) bond motifs is 1. The molecule has 5 N–H and O–H groups in total. The molecule has 0 saturated carbocycles. The number of hydrogen-bond donors (Lipinski definition) is 4. The number of aromatic nitrogens is 2. The molecule has 12 heteroatoms. The zero-order valence-electron chi connectivity index (χ0n) is 21.0. The average Bonchev–Trinajstić information content (AvgIpc) is 2.93. The van der Waals surface area contributed by atoms with Crippen LogP contribution in [0.2, 0.25) is 0 Å². The maximum absolute atomic E-state index is 13.3. The SMILES string of the molecule is COc1cc(Nc2nc3ccccc3nc2NS(=O)(=O)c2ccc(CN)cc2)c(OCCCO)c(OC)c1. The number of benzene rings is 3. The average molecular weight is 540 g/mol. The molecule has 0 amide bonds. The van der Waals surface area contributed by atoms with Crippen molar-refractivity contribution in [1.82, 2.24) is 9.97 Å². The van der Waals surface area contributed by atoms with E-state index in [9.17, 15) is 13.5 Å². The summed E-state index contributed by atoms with van der Waals surface area (Å²) < 4.78 is 45.8. The van der Waals surface area contributed by atoms with Crippen molar-refractivity contribution in [2.45, 2.75) is 17.9 Å². The molecule has 0 aliphatic rings. The number of para-hydroxylation sites is 2. The summed E-state index contributed by atoms with van der Waals surface area (Å²) in [5.74, 6) is 1.29. The molecular weight excluding hydrogens is 510 g/mol. The predicted octanol–water partition coefficient (Wildman–Crippen LogP) is 3.41. The number of hydrogen-bond acceptors (Lipinski definition) is 10. The van der Waals surface area contributed by atoms with Crippen molar-refractivity contribution < 1.29 is 27.7 Å². The van der Waals surface area contributed by atoms with Crippen molar-refractivity contribution in [2.75, 3.05) is 37.5 Å². The van der Waals surface area contributed by atoms with E-state index in [-0.39, 0.29) is 29.7 Å². The highest BCUT2D eigenvalue weighted by Gasteiger charge is 2.21. The van der Waals surface area contributed by atoms with E-state index in [1.54, 1.807) is 42.5 Å². The second-order valence-corrected chi connectivity index (χ2v) is 9.80. The first kappa shape index (κ1) is 26.9. The maximum Gasteiger partial charge on any atom is 0.263 e. The van der Waals surface area contributed by atoms with Crippen LogP contribution in [0.4, 0.5) is 17.3 Å². The van der Waals surface area contributed by atoms with Gasteiger partial charge in [-0.3, -0.25) is 4.72 Å². The minimum atomic E-state index is -4.02. The van der Waals surface area contributed by atoms with E-state index in [2.05, 4.69) is 20.0 Å². The van der Waals surface area contributed by atoms with Crippen LogP contribution in [-0.4, -0.2) is 50.9 Å². The Morgan fingerprint density at radius 2 is 1.63 bits per heavy atom. The molecule has 0 spiro atoms. The topological polar surface area (TPSA) is 158 Å². The van der Waals surface area contributed by atoms with Crippen molar-refractivity contribution in [3.8, 4) is 17.2 Å². The lowest BCUT2D eigenvalue weighted by atomic mass is 10.2. The van der Waals surface area contributed by atoms with E-state index in [1.807, 2.05) is 6.07 Å². The minimum absolute atomic E-state index is 0.0188. The van der Waals surface area contributed by atoms with Crippen molar-refractivity contribution in [3.05, 3.63) is 66.2 Å². The molecule has 1 aromatic heterocycles. The van der Waals surface area contributed by atoms with Crippen LogP contribution in [0.5, 0.6) is 17.2 Å². The molecule has 38 heavy (non-hydrogen) atoms. The smallest absolute Gasteiger partial charge is 0.263 e. The molecule has 0 aliphatic carbocycles. The number of nitrogens with two attached hydrogens (primary N) is 1. The number of sulfonamides is 1. The first-order valence-electron chi connectivity index (χ1n) is 11.7. The molecule has 1 heterocycles. The largest absolute Gasteiger partial charge is 0.497 e. The van der Waals surface area contributed by atoms with Crippen molar-refractivity contribution >= 4 is 38.4 Å². The van der Waals surface area contributed by atoms with Crippen LogP contribution in [0.3, 0.4) is 0 Å². The Kier molecular flexibility index (Phi) is 8.46. The van der Waals surface area contributed by atoms with E-state index in [4.69, 9.17) is 19.9 Å². The van der Waals surface area contributed by atoms with E-state index >= 15 is 0 Å². The van der Waals surface area contributed by atoms with Crippen LogP contribution in [-0.2, 0) is 16.6 Å². The van der Waals surface area contributed by atoms with Gasteiger partial charge in [0.15, 0.2) is 23.1 Å². The summed E-state index contributed by atoms with van der Waals surface area (Å²) in [5, 5.41) is 12.3. The Morgan fingerprint density at radius 1 is 0.947 bits per heavy atom. The highest BCUT2D eigenvalue weighted by molar-refractivity contribution is 7.92. The number of nitrogens with zero attached hydrogens (tertiary/aromatic N) is 2. The first-order valence-corrected chi connectivity index (χ1v) is 13.2. The van der Waals surface area contributed by atoms with Gasteiger partial charge in [-0.1, -0.05) is 24.3 Å². The number of aliphatic hydroxyl groups is 1. The molecule has 0 fully saturated rings. The van der Waals surface area contributed by atoms with E-state index in [0.717, 1.165) is 5.56 Å². The quantitative estimate of drug-likeness (QED) is 0.197. The predicted molar refractivity (Wildman–Crippen MR) is 145 cm³/mol. The number of nitrogens with one attached hydrogen (secondary N) is 2. The zero-order valence-corrected chi connectivity index (χ0v) is 21.8. The Labute approximate surface area is 220 Å². The van der Waals surface area contributed by atoms with Crippen LogP contribution in [0.15, 0.2) is 65.6 Å². The van der Waals surface area contributed by atoms with Crippen LogP contribution >= 0.6 is 0 Å². The molecular formula is C26H29N5O6S. The van der Waals surface area contributed by atoms with Gasteiger partial charge in [-0.2, -0.15) is 0 Å². The molecule has 200 valence electrons. The van der Waals surface area contributed by atoms with Gasteiger partial charge in [0.25, 0.3) is 10.0 Å². The number of methoxy groups -OCH3 is 2. The zero-order chi connectivity index (χ0) is 27.1. The Hall–Kier alpha value is -4.13. The number of anilines is 3. The van der Waals surface area contributed by atoms with Crippen molar-refractivity contribution in [3.63, 3.8) is 0 Å². The lowest BCUT2D eigenvalue weighted by Gasteiger charge is -2.19. The normalized spacial score (nSPS) is 11.3. The lowest BCUT2D eigenvalue weighted by molar-refractivity contribution is 0.228. The van der Waals surface area contributed by atoms with Gasteiger partial charge in [0.1, 0.15) is 5.75 Å². The van der Waals surface area contributed by atoms with Gasteiger partial charge < -0.3 is 30.4 Å². The molecule has 0 aliphatic heterocycles. The summed E-state index contributed by atoms with van der Waals surface area (Å²) in [6.45, 7) is 0.468. The van der Waals surface area contributed by atoms with Crippen LogP contribution < -0.4 is 30.0 Å². The number of aliphatic hydroxyl groups excluding tert-OH is 1. The van der Waals surface area contributed by atoms with Gasteiger partial charge in [0, 0.05) is 31.7 Å². The molecule has 0 unspecified atom stereocenters. The minimum Gasteiger partial charge on any atom is -0.497 e. The highest BCUT2D eigenvalue weighted by atomic mass is 32.2. The van der Waals surface area contributed by atoms with E-state index < -0.39 is 10.0 Å². The molecule has 3 aromatic carbocycles. The second kappa shape index (κ2) is 11.9. The fraction of sp³-hybridized carbons (Fsp3) is 0.231. The molecule has 0 bridgehead atoms. The van der Waals surface area contributed by atoms with Crippen LogP contribution in [0.25, 0.3) is 11.0 Å². The van der Waals surface area contributed by atoms with E-state index in [0.29, 0.717) is 46.9 Å². The van der Waals surface area contributed by atoms with Gasteiger partial charge in [0.05, 0.1) is 42.4 Å². The van der Waals surface area contributed by atoms with Gasteiger partial charge in [-0.25, -0.2) is 18.4 Å². The summed E-state index contributed by atoms with van der Waals surface area (Å²) in [6.07, 6.45) is 0.401. The van der Waals surface area contributed by atoms with Crippen LogP contribution in [0.1, 0.15) is 12.0 Å². The van der Waals surface area contributed by atoms with Crippen molar-refractivity contribution in [2.24, 2.45) is 5.73 Å². The monoisotopic (exact) mass is 539 g/mol.